The molecule has 0 amide bonds. The number of hydrogen-bond acceptors (Lipinski definition) is 4. The maximum atomic E-state index is 11.2. The van der Waals surface area contributed by atoms with Gasteiger partial charge in [-0.1, -0.05) is 18.2 Å². The summed E-state index contributed by atoms with van der Waals surface area (Å²) in [5.41, 5.74) is 0.811. The second-order valence-electron chi connectivity index (χ2n) is 3.35. The number of carbonyl (C=O) groups excluding carboxylic acids is 2. The lowest BCUT2D eigenvalue weighted by atomic mass is 10.2. The molecule has 0 bridgehead atoms. The molecule has 0 aliphatic carbocycles. The number of esters is 2. The number of methoxy groups -OCH3 is 1. The Morgan fingerprint density at radius 2 is 1.72 bits per heavy atom. The van der Waals surface area contributed by atoms with Gasteiger partial charge in [0.15, 0.2) is 0 Å². The zero-order valence-electron chi connectivity index (χ0n) is 10.3. The van der Waals surface area contributed by atoms with Crippen molar-refractivity contribution in [3.8, 4) is 5.75 Å². The fourth-order valence-electron chi connectivity index (χ4n) is 1.17. The molecule has 94 valence electrons. The van der Waals surface area contributed by atoms with E-state index in [1.165, 1.54) is 19.3 Å². The number of ether oxygens (including phenoxy) is 2. The molecule has 0 aliphatic rings. The summed E-state index contributed by atoms with van der Waals surface area (Å²) in [6, 6.07) is 6.77. The predicted octanol–water partition coefficient (Wildman–Crippen LogP) is 2.35. The van der Waals surface area contributed by atoms with Gasteiger partial charge in [0.05, 0.1) is 7.11 Å². The molecule has 0 saturated heterocycles. The largest absolute Gasteiger partial charge is 0.466 e. The smallest absolute Gasteiger partial charge is 0.335 e. The van der Waals surface area contributed by atoms with Gasteiger partial charge in [-0.15, -0.1) is 0 Å². The third-order valence-electron chi connectivity index (χ3n) is 2.01. The highest BCUT2D eigenvalue weighted by molar-refractivity contribution is 5.87. The molecule has 0 aromatic heterocycles. The first kappa shape index (κ1) is 13.7. The van der Waals surface area contributed by atoms with Gasteiger partial charge in [0.2, 0.25) is 0 Å². The van der Waals surface area contributed by atoms with Gasteiger partial charge in [-0.2, -0.15) is 0 Å². The van der Waals surface area contributed by atoms with Gasteiger partial charge in [-0.05, 0) is 30.7 Å². The average molecular weight is 246 g/mol. The predicted molar refractivity (Wildman–Crippen MR) is 67.9 cm³/mol. The summed E-state index contributed by atoms with van der Waals surface area (Å²) in [4.78, 5) is 22.1. The van der Waals surface area contributed by atoms with E-state index in [2.05, 4.69) is 4.74 Å². The van der Waals surface area contributed by atoms with E-state index in [0.29, 0.717) is 5.75 Å². The number of rotatable bonds is 4. The Kier molecular flexibility index (Phi) is 5.38. The molecule has 18 heavy (non-hydrogen) atoms. The van der Waals surface area contributed by atoms with Gasteiger partial charge in [0.25, 0.3) is 0 Å². The minimum Gasteiger partial charge on any atom is -0.466 e. The molecule has 0 spiro atoms. The monoisotopic (exact) mass is 246 g/mol. The zero-order chi connectivity index (χ0) is 13.4. The van der Waals surface area contributed by atoms with Crippen LogP contribution in [0.3, 0.4) is 0 Å². The molecule has 1 aromatic rings. The van der Waals surface area contributed by atoms with Crippen LogP contribution in [0.5, 0.6) is 5.75 Å². The molecule has 0 aliphatic heterocycles. The Bertz CT molecular complexity index is 469. The van der Waals surface area contributed by atoms with E-state index in [4.69, 9.17) is 4.74 Å². The zero-order valence-corrected chi connectivity index (χ0v) is 10.3. The summed E-state index contributed by atoms with van der Waals surface area (Å²) < 4.78 is 9.49. The minimum atomic E-state index is -0.421. The van der Waals surface area contributed by atoms with E-state index in [9.17, 15) is 9.59 Å². The third kappa shape index (κ3) is 4.65. The number of carbonyl (C=O) groups is 2. The first-order valence-corrected chi connectivity index (χ1v) is 5.36. The third-order valence-corrected chi connectivity index (χ3v) is 2.01. The molecule has 0 atom stereocenters. The second kappa shape index (κ2) is 7.06. The highest BCUT2D eigenvalue weighted by atomic mass is 16.5. The van der Waals surface area contributed by atoms with Crippen LogP contribution in [0, 0.1) is 0 Å². The molecule has 4 heteroatoms. The highest BCUT2D eigenvalue weighted by Crippen LogP contribution is 2.13. The summed E-state index contributed by atoms with van der Waals surface area (Å²) in [5, 5.41) is 0. The van der Waals surface area contributed by atoms with Gasteiger partial charge in [0, 0.05) is 12.2 Å². The van der Waals surface area contributed by atoms with E-state index in [0.717, 1.165) is 5.56 Å². The molecule has 0 heterocycles. The summed E-state index contributed by atoms with van der Waals surface area (Å²) >= 11 is 0. The lowest BCUT2D eigenvalue weighted by Gasteiger charge is -2.01. The molecule has 1 rings (SSSR count). The fraction of sp³-hybridized carbons (Fsp3) is 0.143. The van der Waals surface area contributed by atoms with Crippen LogP contribution < -0.4 is 4.74 Å². The standard InChI is InChI=1S/C14H14O4/c1-3-4-14(16)18-12-8-5-11(6-9-12)7-10-13(15)17-2/h3-10H,1-2H3/b4-3?,10-7+. The Morgan fingerprint density at radius 3 is 2.28 bits per heavy atom. The van der Waals surface area contributed by atoms with Gasteiger partial charge < -0.3 is 9.47 Å². The van der Waals surface area contributed by atoms with Crippen LogP contribution in [-0.4, -0.2) is 19.0 Å². The lowest BCUT2D eigenvalue weighted by molar-refractivity contribution is -0.134. The van der Waals surface area contributed by atoms with Crippen molar-refractivity contribution in [1.29, 1.82) is 0 Å². The van der Waals surface area contributed by atoms with Crippen LogP contribution >= 0.6 is 0 Å². The van der Waals surface area contributed by atoms with Gasteiger partial charge in [-0.3, -0.25) is 0 Å². The van der Waals surface area contributed by atoms with E-state index in [-0.39, 0.29) is 0 Å². The molecule has 0 N–H and O–H groups in total. The first-order valence-electron chi connectivity index (χ1n) is 5.36. The summed E-state index contributed by atoms with van der Waals surface area (Å²) in [6.45, 7) is 1.74. The van der Waals surface area contributed by atoms with Crippen molar-refractivity contribution >= 4 is 18.0 Å². The number of allylic oxidation sites excluding steroid dienone is 1. The molecule has 4 nitrogen and oxygen atoms in total. The van der Waals surface area contributed by atoms with Gasteiger partial charge in [-0.25, -0.2) is 9.59 Å². The van der Waals surface area contributed by atoms with E-state index >= 15 is 0 Å². The molecule has 0 fully saturated rings. The SMILES string of the molecule is CC=CC(=O)Oc1ccc(/C=C/C(=O)OC)cc1. The molecule has 0 unspecified atom stereocenters. The highest BCUT2D eigenvalue weighted by Gasteiger charge is 1.99. The second-order valence-corrected chi connectivity index (χ2v) is 3.35. The normalized spacial score (nSPS) is 10.8. The van der Waals surface area contributed by atoms with Crippen molar-refractivity contribution in [1.82, 2.24) is 0 Å². The van der Waals surface area contributed by atoms with Crippen molar-refractivity contribution in [3.63, 3.8) is 0 Å². The average Bonchev–Trinajstić information content (AvgIpc) is 2.37. The number of benzene rings is 1. The number of hydrogen-bond donors (Lipinski definition) is 0. The first-order chi connectivity index (χ1) is 8.65. The van der Waals surface area contributed by atoms with Crippen LogP contribution in [0.4, 0.5) is 0 Å². The summed E-state index contributed by atoms with van der Waals surface area (Å²) in [5.74, 6) is -0.387. The van der Waals surface area contributed by atoms with Crippen molar-refractivity contribution < 1.29 is 19.1 Å². The summed E-state index contributed by atoms with van der Waals surface area (Å²) in [6.07, 6.45) is 5.88. The summed E-state index contributed by atoms with van der Waals surface area (Å²) in [7, 11) is 1.32. The maximum Gasteiger partial charge on any atom is 0.335 e. The van der Waals surface area contributed by atoms with E-state index in [1.807, 2.05) is 0 Å². The topological polar surface area (TPSA) is 52.6 Å². The quantitative estimate of drug-likeness (QED) is 0.465. The molecule has 0 radical (unpaired) electrons. The maximum absolute atomic E-state index is 11.2. The van der Waals surface area contributed by atoms with E-state index in [1.54, 1.807) is 43.3 Å². The van der Waals surface area contributed by atoms with Crippen LogP contribution in [0.2, 0.25) is 0 Å². The molecular weight excluding hydrogens is 232 g/mol. The van der Waals surface area contributed by atoms with Crippen LogP contribution in [-0.2, 0) is 14.3 Å². The van der Waals surface area contributed by atoms with E-state index < -0.39 is 11.9 Å². The minimum absolute atomic E-state index is 0.418. The van der Waals surface area contributed by atoms with Crippen molar-refractivity contribution in [3.05, 3.63) is 48.1 Å². The van der Waals surface area contributed by atoms with Crippen LogP contribution in [0.1, 0.15) is 12.5 Å². The van der Waals surface area contributed by atoms with Crippen LogP contribution in [0.25, 0.3) is 6.08 Å². The lowest BCUT2D eigenvalue weighted by Crippen LogP contribution is -2.03. The van der Waals surface area contributed by atoms with Crippen LogP contribution in [0.15, 0.2) is 42.5 Å². The molecule has 0 saturated carbocycles. The van der Waals surface area contributed by atoms with Gasteiger partial charge in [0.1, 0.15) is 5.75 Å². The van der Waals surface area contributed by atoms with Gasteiger partial charge >= 0.3 is 11.9 Å². The Labute approximate surface area is 106 Å². The van der Waals surface area contributed by atoms with Crippen molar-refractivity contribution in [2.45, 2.75) is 6.92 Å². The van der Waals surface area contributed by atoms with Crippen molar-refractivity contribution in [2.75, 3.05) is 7.11 Å². The molecular formula is C14H14O4. The Hall–Kier alpha value is -2.36. The van der Waals surface area contributed by atoms with Crippen molar-refractivity contribution in [2.24, 2.45) is 0 Å². The molecule has 1 aromatic carbocycles. The fourth-order valence-corrected chi connectivity index (χ4v) is 1.17. The Morgan fingerprint density at radius 1 is 1.06 bits per heavy atom. The Balaban J connectivity index is 2.65.